The molecule has 32 heavy (non-hydrogen) atoms. The largest absolute Gasteiger partial charge is 0.465 e. The van der Waals surface area contributed by atoms with Gasteiger partial charge in [0.2, 0.25) is 10.0 Å². The summed E-state index contributed by atoms with van der Waals surface area (Å²) in [7, 11) is -2.44. The van der Waals surface area contributed by atoms with Crippen molar-refractivity contribution in [2.45, 2.75) is 51.5 Å². The number of fused-ring (bicyclic) bond motifs is 1. The first-order chi connectivity index (χ1) is 15.1. The topological polar surface area (TPSA) is 105 Å². The molecule has 1 aromatic carbocycles. The van der Waals surface area contributed by atoms with Crippen LogP contribution in [0.4, 0.5) is 0 Å². The van der Waals surface area contributed by atoms with Gasteiger partial charge in [-0.05, 0) is 49.9 Å². The van der Waals surface area contributed by atoms with Crippen molar-refractivity contribution in [1.29, 1.82) is 0 Å². The minimum atomic E-state index is -3.87. The smallest absolute Gasteiger partial charge is 0.324 e. The number of aromatic nitrogens is 3. The van der Waals surface area contributed by atoms with Gasteiger partial charge in [-0.25, -0.2) is 13.4 Å². The number of sulfonamides is 1. The van der Waals surface area contributed by atoms with E-state index in [1.165, 1.54) is 7.05 Å². The summed E-state index contributed by atoms with van der Waals surface area (Å²) in [6, 6.07) is 7.66. The lowest BCUT2D eigenvalue weighted by Crippen LogP contribution is -2.44. The number of rotatable bonds is 9. The van der Waals surface area contributed by atoms with Crippen LogP contribution in [-0.2, 0) is 26.0 Å². The quantitative estimate of drug-likeness (QED) is 0.492. The van der Waals surface area contributed by atoms with Crippen molar-refractivity contribution in [3.8, 4) is 0 Å². The third-order valence-corrected chi connectivity index (χ3v) is 7.15. The number of esters is 1. The molecule has 9 heteroatoms. The Morgan fingerprint density at radius 1 is 1.19 bits per heavy atom. The second-order valence-electron chi connectivity index (χ2n) is 8.21. The lowest BCUT2D eigenvalue weighted by atomic mass is 10.0. The molecule has 172 valence electrons. The van der Waals surface area contributed by atoms with Gasteiger partial charge < -0.3 is 9.72 Å². The molecule has 1 atom stereocenters. The summed E-state index contributed by atoms with van der Waals surface area (Å²) in [4.78, 5) is 24.7. The minimum absolute atomic E-state index is 0.130. The zero-order valence-electron chi connectivity index (χ0n) is 19.1. The number of imidazole rings is 1. The van der Waals surface area contributed by atoms with E-state index in [-0.39, 0.29) is 17.4 Å². The average Bonchev–Trinajstić information content (AvgIpc) is 3.13. The van der Waals surface area contributed by atoms with E-state index in [0.717, 1.165) is 32.4 Å². The molecule has 0 aliphatic carbocycles. The van der Waals surface area contributed by atoms with E-state index >= 15 is 0 Å². The molecular weight excluding hydrogens is 428 g/mol. The number of likely N-dealkylation sites (N-methyl/N-ethyl adjacent to an activating group) is 1. The Morgan fingerprint density at radius 2 is 1.88 bits per heavy atom. The standard InChI is InChI=1S/C23H30N4O4S/c1-6-31-23(28)21(13-15(2)3)27(5)32(29,30)18-9-7-17(8-10-18)14-20-22-19(11-12-24-20)25-16(4)26-22/h7-12,15,21H,6,13-14H2,1-5H3,(H,25,26)/t21-/m0/s1. The molecule has 0 saturated carbocycles. The summed E-state index contributed by atoms with van der Waals surface area (Å²) >= 11 is 0. The fraction of sp³-hybridized carbons (Fsp3) is 0.435. The minimum Gasteiger partial charge on any atom is -0.465 e. The number of hydrogen-bond acceptors (Lipinski definition) is 6. The van der Waals surface area contributed by atoms with Gasteiger partial charge in [0.1, 0.15) is 11.9 Å². The van der Waals surface area contributed by atoms with Crippen molar-refractivity contribution in [3.63, 3.8) is 0 Å². The fourth-order valence-electron chi connectivity index (χ4n) is 3.63. The number of hydrogen-bond donors (Lipinski definition) is 1. The Hall–Kier alpha value is -2.78. The van der Waals surface area contributed by atoms with Gasteiger partial charge in [-0.1, -0.05) is 26.0 Å². The summed E-state index contributed by atoms with van der Waals surface area (Å²) in [5.74, 6) is 0.417. The second-order valence-corrected chi connectivity index (χ2v) is 10.2. The molecule has 0 amide bonds. The molecule has 0 spiro atoms. The molecule has 0 unspecified atom stereocenters. The van der Waals surface area contributed by atoms with Crippen LogP contribution in [0.5, 0.6) is 0 Å². The molecule has 0 aliphatic rings. The van der Waals surface area contributed by atoms with Crippen LogP contribution in [0, 0.1) is 12.8 Å². The SMILES string of the molecule is CCOC(=O)[C@H](CC(C)C)N(C)S(=O)(=O)c1ccc(Cc2nccc3nc(C)[nH]c23)cc1. The summed E-state index contributed by atoms with van der Waals surface area (Å²) in [5.41, 5.74) is 3.49. The van der Waals surface area contributed by atoms with Crippen LogP contribution >= 0.6 is 0 Å². The highest BCUT2D eigenvalue weighted by molar-refractivity contribution is 7.89. The van der Waals surface area contributed by atoms with E-state index in [0.29, 0.717) is 12.8 Å². The number of benzene rings is 1. The van der Waals surface area contributed by atoms with Crippen LogP contribution < -0.4 is 0 Å². The van der Waals surface area contributed by atoms with Gasteiger partial charge in [0, 0.05) is 19.7 Å². The first-order valence-electron chi connectivity index (χ1n) is 10.7. The van der Waals surface area contributed by atoms with Crippen LogP contribution in [0.1, 0.15) is 44.3 Å². The predicted molar refractivity (Wildman–Crippen MR) is 123 cm³/mol. The third kappa shape index (κ3) is 5.16. The Balaban J connectivity index is 1.83. The van der Waals surface area contributed by atoms with Crippen LogP contribution in [-0.4, -0.2) is 53.3 Å². The van der Waals surface area contributed by atoms with Gasteiger partial charge in [-0.15, -0.1) is 0 Å². The molecule has 0 radical (unpaired) electrons. The van der Waals surface area contributed by atoms with Crippen molar-refractivity contribution >= 4 is 27.0 Å². The van der Waals surface area contributed by atoms with Crippen molar-refractivity contribution < 1.29 is 17.9 Å². The number of nitrogens with zero attached hydrogens (tertiary/aromatic N) is 3. The molecule has 0 saturated heterocycles. The number of aryl methyl sites for hydroxylation is 1. The number of nitrogens with one attached hydrogen (secondary N) is 1. The van der Waals surface area contributed by atoms with Crippen molar-refractivity contribution in [2.24, 2.45) is 5.92 Å². The molecule has 0 fully saturated rings. The van der Waals surface area contributed by atoms with Crippen molar-refractivity contribution in [1.82, 2.24) is 19.3 Å². The number of carbonyl (C=O) groups excluding carboxylic acids is 1. The van der Waals surface area contributed by atoms with Crippen LogP contribution in [0.15, 0.2) is 41.4 Å². The molecule has 2 aromatic heterocycles. The van der Waals surface area contributed by atoms with Gasteiger partial charge in [-0.3, -0.25) is 9.78 Å². The van der Waals surface area contributed by atoms with Crippen molar-refractivity contribution in [3.05, 3.63) is 53.6 Å². The van der Waals surface area contributed by atoms with Crippen LogP contribution in [0.2, 0.25) is 0 Å². The Labute approximate surface area is 189 Å². The van der Waals surface area contributed by atoms with Gasteiger partial charge >= 0.3 is 5.97 Å². The molecular formula is C23H30N4O4S. The van der Waals surface area contributed by atoms with Crippen molar-refractivity contribution in [2.75, 3.05) is 13.7 Å². The molecule has 0 aliphatic heterocycles. The Bertz CT molecular complexity index is 1190. The number of aromatic amines is 1. The van der Waals surface area contributed by atoms with E-state index < -0.39 is 22.0 Å². The number of pyridine rings is 1. The average molecular weight is 459 g/mol. The maximum atomic E-state index is 13.2. The highest BCUT2D eigenvalue weighted by Crippen LogP contribution is 2.23. The highest BCUT2D eigenvalue weighted by Gasteiger charge is 2.34. The molecule has 3 aromatic rings. The molecule has 3 rings (SSSR count). The lowest BCUT2D eigenvalue weighted by molar-refractivity contribution is -0.147. The van der Waals surface area contributed by atoms with Crippen LogP contribution in [0.3, 0.4) is 0 Å². The molecule has 8 nitrogen and oxygen atoms in total. The molecule has 2 heterocycles. The van der Waals surface area contributed by atoms with Crippen LogP contribution in [0.25, 0.3) is 11.0 Å². The van der Waals surface area contributed by atoms with Gasteiger partial charge in [0.25, 0.3) is 0 Å². The third-order valence-electron chi connectivity index (χ3n) is 5.27. The number of ether oxygens (including phenoxy) is 1. The maximum Gasteiger partial charge on any atom is 0.324 e. The number of carbonyl (C=O) groups is 1. The molecule has 1 N–H and O–H groups in total. The maximum absolute atomic E-state index is 13.2. The Kier molecular flexibility index (Phi) is 7.30. The molecule has 0 bridgehead atoms. The monoisotopic (exact) mass is 458 g/mol. The van der Waals surface area contributed by atoms with E-state index in [2.05, 4.69) is 15.0 Å². The van der Waals surface area contributed by atoms with E-state index in [4.69, 9.17) is 4.74 Å². The number of H-pyrrole nitrogens is 1. The summed E-state index contributed by atoms with van der Waals surface area (Å²) in [5, 5.41) is 0. The van der Waals surface area contributed by atoms with E-state index in [1.54, 1.807) is 37.4 Å². The lowest BCUT2D eigenvalue weighted by Gasteiger charge is -2.27. The first-order valence-corrected chi connectivity index (χ1v) is 12.1. The zero-order valence-corrected chi connectivity index (χ0v) is 19.9. The summed E-state index contributed by atoms with van der Waals surface area (Å²) in [6.45, 7) is 7.68. The van der Waals surface area contributed by atoms with E-state index in [9.17, 15) is 13.2 Å². The predicted octanol–water partition coefficient (Wildman–Crippen LogP) is 3.46. The zero-order chi connectivity index (χ0) is 23.5. The summed E-state index contributed by atoms with van der Waals surface area (Å²) < 4.78 is 32.6. The van der Waals surface area contributed by atoms with Gasteiger partial charge in [-0.2, -0.15) is 4.31 Å². The Morgan fingerprint density at radius 3 is 2.50 bits per heavy atom. The first kappa shape index (κ1) is 23.9. The highest BCUT2D eigenvalue weighted by atomic mass is 32.2. The summed E-state index contributed by atoms with van der Waals surface area (Å²) in [6.07, 6.45) is 2.63. The fourth-order valence-corrected chi connectivity index (χ4v) is 4.95. The van der Waals surface area contributed by atoms with Gasteiger partial charge in [0.05, 0.1) is 28.2 Å². The second kappa shape index (κ2) is 9.79. The van der Waals surface area contributed by atoms with Gasteiger partial charge in [0.15, 0.2) is 0 Å². The van der Waals surface area contributed by atoms with E-state index in [1.807, 2.05) is 26.8 Å². The normalized spacial score (nSPS) is 13.1.